The number of allylic oxidation sites excluding steroid dienone is 1. The van der Waals surface area contributed by atoms with Crippen molar-refractivity contribution in [2.75, 3.05) is 13.2 Å². The van der Waals surface area contributed by atoms with Crippen molar-refractivity contribution >= 4 is 10.4 Å². The SMILES string of the molecule is CCCCCCCCCCCCCC=C[C@@H](O)[C@@H](N)CO[C@@H]1O[C@H](CO)[C@H](O)[C@H](OS(=O)(=O)O)[C@H]1O. The zero-order valence-electron chi connectivity index (χ0n) is 21.4. The van der Waals surface area contributed by atoms with Gasteiger partial charge in [0.2, 0.25) is 0 Å². The van der Waals surface area contributed by atoms with E-state index in [1.807, 2.05) is 6.08 Å². The zero-order chi connectivity index (χ0) is 27.0. The third-order valence-corrected chi connectivity index (χ3v) is 6.72. The van der Waals surface area contributed by atoms with E-state index in [9.17, 15) is 28.8 Å². The second kappa shape index (κ2) is 18.6. The topological polar surface area (TPSA) is 189 Å². The van der Waals surface area contributed by atoms with Gasteiger partial charge in [-0.05, 0) is 12.8 Å². The third kappa shape index (κ3) is 13.8. The summed E-state index contributed by atoms with van der Waals surface area (Å²) in [5.41, 5.74) is 5.93. The van der Waals surface area contributed by atoms with Crippen LogP contribution in [0.1, 0.15) is 84.0 Å². The summed E-state index contributed by atoms with van der Waals surface area (Å²) in [6, 6.07) is -0.880. The lowest BCUT2D eigenvalue weighted by atomic mass is 9.99. The van der Waals surface area contributed by atoms with Crippen LogP contribution in [0.25, 0.3) is 0 Å². The highest BCUT2D eigenvalue weighted by molar-refractivity contribution is 7.80. The van der Waals surface area contributed by atoms with Gasteiger partial charge >= 0.3 is 10.4 Å². The summed E-state index contributed by atoms with van der Waals surface area (Å²) in [7, 11) is -5.00. The molecule has 1 aliphatic rings. The number of nitrogens with two attached hydrogens (primary N) is 1. The van der Waals surface area contributed by atoms with E-state index in [1.54, 1.807) is 6.08 Å². The second-order valence-corrected chi connectivity index (χ2v) is 10.5. The summed E-state index contributed by atoms with van der Waals surface area (Å²) >= 11 is 0. The fourth-order valence-corrected chi connectivity index (χ4v) is 4.56. The second-order valence-electron chi connectivity index (χ2n) is 9.44. The first kappa shape index (κ1) is 33.4. The van der Waals surface area contributed by atoms with Crippen LogP contribution in [0.15, 0.2) is 12.2 Å². The summed E-state index contributed by atoms with van der Waals surface area (Å²) in [5, 5.41) is 39.8. The normalized spacial score (nSPS) is 26.9. The summed E-state index contributed by atoms with van der Waals surface area (Å²) in [5.74, 6) is 0. The van der Waals surface area contributed by atoms with Crippen LogP contribution in [0.2, 0.25) is 0 Å². The molecule has 0 radical (unpaired) electrons. The molecule has 0 amide bonds. The summed E-state index contributed by atoms with van der Waals surface area (Å²) in [6.45, 7) is 1.22. The monoisotopic (exact) mass is 541 g/mol. The van der Waals surface area contributed by atoms with E-state index in [1.165, 1.54) is 57.8 Å². The van der Waals surface area contributed by atoms with Crippen LogP contribution in [0.3, 0.4) is 0 Å². The van der Waals surface area contributed by atoms with E-state index in [-0.39, 0.29) is 6.61 Å². The molecule has 0 aromatic carbocycles. The Balaban J connectivity index is 2.28. The van der Waals surface area contributed by atoms with Gasteiger partial charge < -0.3 is 35.6 Å². The predicted molar refractivity (Wildman–Crippen MR) is 134 cm³/mol. The van der Waals surface area contributed by atoms with Gasteiger partial charge in [-0.3, -0.25) is 4.55 Å². The molecule has 12 heteroatoms. The molecule has 0 aromatic rings. The smallest absolute Gasteiger partial charge is 0.394 e. The first-order valence-corrected chi connectivity index (χ1v) is 14.5. The van der Waals surface area contributed by atoms with Gasteiger partial charge in [-0.25, -0.2) is 4.18 Å². The lowest BCUT2D eigenvalue weighted by Crippen LogP contribution is -2.61. The third-order valence-electron chi connectivity index (χ3n) is 6.25. The standard InChI is InChI=1S/C24H47NO10S/c1-2-3-4-5-6-7-8-9-10-11-12-13-14-15-19(27)18(25)17-33-24-22(29)23(35-36(30,31)32)21(28)20(16-26)34-24/h14-15,18-24,26-29H,2-13,16-17,25H2,1H3,(H,30,31,32)/t18-,19+,20+,21-,22+,23-,24+/m0/s1. The molecule has 0 saturated carbocycles. The van der Waals surface area contributed by atoms with Crippen molar-refractivity contribution in [3.63, 3.8) is 0 Å². The van der Waals surface area contributed by atoms with E-state index in [0.717, 1.165) is 19.3 Å². The van der Waals surface area contributed by atoms with Gasteiger partial charge in [0.15, 0.2) is 6.29 Å². The minimum absolute atomic E-state index is 0.279. The molecule has 0 bridgehead atoms. The van der Waals surface area contributed by atoms with Gasteiger partial charge in [0.25, 0.3) is 0 Å². The van der Waals surface area contributed by atoms with Crippen molar-refractivity contribution < 1.29 is 47.1 Å². The average Bonchev–Trinajstić information content (AvgIpc) is 2.83. The van der Waals surface area contributed by atoms with Gasteiger partial charge in [-0.15, -0.1) is 0 Å². The maximum absolute atomic E-state index is 11.0. The Morgan fingerprint density at radius 3 is 2.06 bits per heavy atom. The van der Waals surface area contributed by atoms with Crippen LogP contribution in [0.5, 0.6) is 0 Å². The highest BCUT2D eigenvalue weighted by Gasteiger charge is 2.47. The highest BCUT2D eigenvalue weighted by atomic mass is 32.3. The molecule has 1 rings (SSSR count). The lowest BCUT2D eigenvalue weighted by molar-refractivity contribution is -0.298. The maximum atomic E-state index is 11.0. The van der Waals surface area contributed by atoms with Crippen LogP contribution in [0, 0.1) is 0 Å². The number of unbranched alkanes of at least 4 members (excludes halogenated alkanes) is 11. The first-order valence-electron chi connectivity index (χ1n) is 13.1. The Morgan fingerprint density at radius 2 is 1.53 bits per heavy atom. The van der Waals surface area contributed by atoms with Gasteiger partial charge in [0.1, 0.15) is 24.4 Å². The minimum Gasteiger partial charge on any atom is -0.394 e. The summed E-state index contributed by atoms with van der Waals surface area (Å²) in [6.07, 6.45) is 8.83. The molecule has 214 valence electrons. The molecule has 0 spiro atoms. The van der Waals surface area contributed by atoms with E-state index >= 15 is 0 Å². The molecule has 1 heterocycles. The van der Waals surface area contributed by atoms with Gasteiger partial charge in [-0.2, -0.15) is 8.42 Å². The molecule has 1 saturated heterocycles. The average molecular weight is 542 g/mol. The number of rotatable bonds is 20. The minimum atomic E-state index is -5.00. The molecule has 0 aromatic heterocycles. The highest BCUT2D eigenvalue weighted by Crippen LogP contribution is 2.25. The fraction of sp³-hybridized carbons (Fsp3) is 0.917. The van der Waals surface area contributed by atoms with Crippen molar-refractivity contribution in [2.24, 2.45) is 5.73 Å². The molecule has 36 heavy (non-hydrogen) atoms. The maximum Gasteiger partial charge on any atom is 0.397 e. The van der Waals surface area contributed by atoms with Gasteiger partial charge in [0, 0.05) is 0 Å². The number of aliphatic hydroxyl groups excluding tert-OH is 4. The van der Waals surface area contributed by atoms with Crippen LogP contribution in [0.4, 0.5) is 0 Å². The lowest BCUT2D eigenvalue weighted by Gasteiger charge is -2.41. The Morgan fingerprint density at radius 1 is 0.972 bits per heavy atom. The summed E-state index contributed by atoms with van der Waals surface area (Å²) in [4.78, 5) is 0. The van der Waals surface area contributed by atoms with E-state index in [4.69, 9.17) is 19.8 Å². The Kier molecular flexibility index (Phi) is 17.2. The molecule has 1 fully saturated rings. The molecule has 11 nitrogen and oxygen atoms in total. The Labute approximate surface area is 215 Å². The molecular formula is C24H47NO10S. The Hall–Kier alpha value is -0.670. The summed E-state index contributed by atoms with van der Waals surface area (Å²) < 4.78 is 45.8. The van der Waals surface area contributed by atoms with Crippen LogP contribution >= 0.6 is 0 Å². The quantitative estimate of drug-likeness (QED) is 0.0745. The predicted octanol–water partition coefficient (Wildman–Crippen LogP) is 1.58. The molecule has 0 aliphatic carbocycles. The van der Waals surface area contributed by atoms with Gasteiger partial charge in [-0.1, -0.05) is 83.3 Å². The van der Waals surface area contributed by atoms with Crippen LogP contribution < -0.4 is 5.73 Å². The number of ether oxygens (including phenoxy) is 2. The zero-order valence-corrected chi connectivity index (χ0v) is 22.2. The van der Waals surface area contributed by atoms with Gasteiger partial charge in [0.05, 0.1) is 25.4 Å². The van der Waals surface area contributed by atoms with Crippen LogP contribution in [-0.4, -0.2) is 89.5 Å². The number of hydrogen-bond acceptors (Lipinski definition) is 10. The fourth-order valence-electron chi connectivity index (χ4n) is 4.05. The largest absolute Gasteiger partial charge is 0.397 e. The van der Waals surface area contributed by atoms with Crippen molar-refractivity contribution in [3.05, 3.63) is 12.2 Å². The number of hydrogen-bond donors (Lipinski definition) is 6. The number of aliphatic hydroxyl groups is 4. The van der Waals surface area contributed by atoms with Crippen molar-refractivity contribution in [3.8, 4) is 0 Å². The van der Waals surface area contributed by atoms with Crippen LogP contribution in [-0.2, 0) is 24.1 Å². The van der Waals surface area contributed by atoms with E-state index in [0.29, 0.717) is 0 Å². The first-order chi connectivity index (χ1) is 17.1. The van der Waals surface area contributed by atoms with Crippen molar-refractivity contribution in [2.45, 2.75) is 127 Å². The van der Waals surface area contributed by atoms with E-state index in [2.05, 4.69) is 11.1 Å². The molecule has 7 N–H and O–H groups in total. The Bertz CT molecular complexity index is 692. The molecule has 0 unspecified atom stereocenters. The van der Waals surface area contributed by atoms with Crippen molar-refractivity contribution in [1.82, 2.24) is 0 Å². The van der Waals surface area contributed by atoms with Crippen molar-refractivity contribution in [1.29, 1.82) is 0 Å². The molecule has 7 atom stereocenters. The van der Waals surface area contributed by atoms with E-state index < -0.39 is 59.9 Å². The molecular weight excluding hydrogens is 494 g/mol. The molecule has 1 aliphatic heterocycles.